The van der Waals surface area contributed by atoms with E-state index in [4.69, 9.17) is 14.2 Å². The van der Waals surface area contributed by atoms with E-state index in [1.54, 1.807) is 29.2 Å². The molecule has 0 spiro atoms. The predicted octanol–water partition coefficient (Wildman–Crippen LogP) is 3.39. The van der Waals surface area contributed by atoms with Crippen LogP contribution in [0.15, 0.2) is 54.1 Å². The molecule has 1 amide bonds. The Hall–Kier alpha value is -3.89. The second kappa shape index (κ2) is 10.9. The highest BCUT2D eigenvalue weighted by atomic mass is 16.6. The van der Waals surface area contributed by atoms with Gasteiger partial charge in [-0.2, -0.15) is 5.26 Å². The van der Waals surface area contributed by atoms with Crippen LogP contribution in [0.5, 0.6) is 11.5 Å². The van der Waals surface area contributed by atoms with E-state index in [-0.39, 0.29) is 17.2 Å². The second-order valence-electron chi connectivity index (χ2n) is 7.15. The number of nitrogens with zero attached hydrogens (tertiary/aromatic N) is 2. The molecule has 1 heterocycles. The highest BCUT2D eigenvalue weighted by molar-refractivity contribution is 6.01. The molecule has 7 nitrogen and oxygen atoms in total. The Labute approximate surface area is 187 Å². The number of nitriles is 1. The van der Waals surface area contributed by atoms with Crippen molar-refractivity contribution in [3.63, 3.8) is 0 Å². The van der Waals surface area contributed by atoms with Crippen molar-refractivity contribution < 1.29 is 23.8 Å². The maximum Gasteiger partial charge on any atom is 0.336 e. The Bertz CT molecular complexity index is 1070. The van der Waals surface area contributed by atoms with Gasteiger partial charge >= 0.3 is 5.97 Å². The van der Waals surface area contributed by atoms with Crippen molar-refractivity contribution in [3.8, 4) is 17.6 Å². The van der Waals surface area contributed by atoms with E-state index in [1.165, 1.54) is 19.3 Å². The van der Waals surface area contributed by atoms with E-state index in [0.29, 0.717) is 37.6 Å². The summed E-state index contributed by atoms with van der Waals surface area (Å²) in [7, 11) is 1.45. The molecule has 0 bridgehead atoms. The molecule has 0 saturated carbocycles. The first kappa shape index (κ1) is 22.8. The number of hydrogen-bond donors (Lipinski definition) is 0. The van der Waals surface area contributed by atoms with Crippen molar-refractivity contribution in [2.75, 3.05) is 33.4 Å². The first-order valence-corrected chi connectivity index (χ1v) is 10.1. The van der Waals surface area contributed by atoms with Gasteiger partial charge in [0.15, 0.2) is 11.5 Å². The van der Waals surface area contributed by atoms with E-state index >= 15 is 0 Å². The Morgan fingerprint density at radius 1 is 1.06 bits per heavy atom. The highest BCUT2D eigenvalue weighted by Crippen LogP contribution is 2.29. The molecule has 0 radical (unpaired) electrons. The number of carbonyl (C=O) groups is 2. The quantitative estimate of drug-likeness (QED) is 0.301. The third kappa shape index (κ3) is 6.06. The van der Waals surface area contributed by atoms with Crippen LogP contribution in [-0.2, 0) is 14.3 Å². The van der Waals surface area contributed by atoms with Gasteiger partial charge in [-0.3, -0.25) is 4.79 Å². The summed E-state index contributed by atoms with van der Waals surface area (Å²) in [5, 5.41) is 9.45. The summed E-state index contributed by atoms with van der Waals surface area (Å²) in [4.78, 5) is 26.4. The SMILES string of the molecule is COc1cc(/C=C(\C#N)C(=O)N2CCOCC2)ccc1OC(=O)/C=C/c1ccc(C)cc1. The standard InChI is InChI=1S/C25H24N2O5/c1-18-3-5-19(6-4-18)8-10-24(28)32-22-9-7-20(16-23(22)30-2)15-21(17-26)25(29)27-11-13-31-14-12-27/h3-10,15-16H,11-14H2,1-2H3/b10-8+,21-15+. The lowest BCUT2D eigenvalue weighted by atomic mass is 10.1. The molecule has 2 aromatic rings. The van der Waals surface area contributed by atoms with Gasteiger partial charge in [0.1, 0.15) is 11.6 Å². The first-order chi connectivity index (χ1) is 15.5. The van der Waals surface area contributed by atoms with Crippen molar-refractivity contribution >= 4 is 24.0 Å². The highest BCUT2D eigenvalue weighted by Gasteiger charge is 2.20. The van der Waals surface area contributed by atoms with Crippen molar-refractivity contribution in [1.29, 1.82) is 5.26 Å². The average Bonchev–Trinajstić information content (AvgIpc) is 2.83. The molecule has 164 valence electrons. The Morgan fingerprint density at radius 2 is 1.75 bits per heavy atom. The molecular formula is C25H24N2O5. The van der Waals surface area contributed by atoms with Crippen LogP contribution in [-0.4, -0.2) is 50.2 Å². The fourth-order valence-electron chi connectivity index (χ4n) is 3.09. The van der Waals surface area contributed by atoms with Crippen LogP contribution in [0.25, 0.3) is 12.2 Å². The van der Waals surface area contributed by atoms with E-state index in [0.717, 1.165) is 11.1 Å². The van der Waals surface area contributed by atoms with Gasteiger partial charge in [0, 0.05) is 19.2 Å². The number of aryl methyl sites for hydroxylation is 1. The molecule has 1 aliphatic heterocycles. The molecular weight excluding hydrogens is 408 g/mol. The molecule has 0 aliphatic carbocycles. The van der Waals surface area contributed by atoms with Crippen LogP contribution in [0.3, 0.4) is 0 Å². The van der Waals surface area contributed by atoms with Gasteiger partial charge in [-0.15, -0.1) is 0 Å². The zero-order valence-corrected chi connectivity index (χ0v) is 18.0. The summed E-state index contributed by atoms with van der Waals surface area (Å²) in [6.45, 7) is 3.80. The zero-order valence-electron chi connectivity index (χ0n) is 18.0. The number of rotatable bonds is 6. The van der Waals surface area contributed by atoms with Crippen LogP contribution in [0.1, 0.15) is 16.7 Å². The van der Waals surface area contributed by atoms with Gasteiger partial charge in [-0.1, -0.05) is 35.9 Å². The molecule has 0 aromatic heterocycles. The Morgan fingerprint density at radius 3 is 2.41 bits per heavy atom. The minimum atomic E-state index is -0.549. The van der Waals surface area contributed by atoms with E-state index < -0.39 is 5.97 Å². The van der Waals surface area contributed by atoms with Gasteiger partial charge in [0.05, 0.1) is 20.3 Å². The predicted molar refractivity (Wildman–Crippen MR) is 120 cm³/mol. The van der Waals surface area contributed by atoms with Gasteiger partial charge in [0.25, 0.3) is 5.91 Å². The lowest BCUT2D eigenvalue weighted by molar-refractivity contribution is -0.130. The van der Waals surface area contributed by atoms with Gasteiger partial charge in [-0.05, 0) is 42.3 Å². The normalized spacial score (nSPS) is 14.2. The fraction of sp³-hybridized carbons (Fsp3) is 0.240. The van der Waals surface area contributed by atoms with Crippen molar-refractivity contribution in [3.05, 3.63) is 70.8 Å². The number of hydrogen-bond acceptors (Lipinski definition) is 6. The molecule has 1 saturated heterocycles. The average molecular weight is 432 g/mol. The number of ether oxygens (including phenoxy) is 3. The molecule has 3 rings (SSSR count). The molecule has 2 aromatic carbocycles. The van der Waals surface area contributed by atoms with Crippen molar-refractivity contribution in [2.24, 2.45) is 0 Å². The van der Waals surface area contributed by atoms with Crippen LogP contribution in [0.2, 0.25) is 0 Å². The summed E-state index contributed by atoms with van der Waals surface area (Å²) in [6.07, 6.45) is 4.50. The lowest BCUT2D eigenvalue weighted by Crippen LogP contribution is -2.41. The largest absolute Gasteiger partial charge is 0.493 e. The smallest absolute Gasteiger partial charge is 0.336 e. The number of carbonyl (C=O) groups excluding carboxylic acids is 2. The molecule has 0 atom stereocenters. The summed E-state index contributed by atoms with van der Waals surface area (Å²) in [5.41, 5.74) is 2.61. The van der Waals surface area contributed by atoms with E-state index in [2.05, 4.69) is 0 Å². The monoisotopic (exact) mass is 432 g/mol. The van der Waals surface area contributed by atoms with Crippen LogP contribution in [0.4, 0.5) is 0 Å². The minimum Gasteiger partial charge on any atom is -0.493 e. The molecule has 32 heavy (non-hydrogen) atoms. The lowest BCUT2D eigenvalue weighted by Gasteiger charge is -2.26. The Balaban J connectivity index is 1.72. The summed E-state index contributed by atoms with van der Waals surface area (Å²) >= 11 is 0. The number of methoxy groups -OCH3 is 1. The maximum absolute atomic E-state index is 12.6. The fourth-order valence-corrected chi connectivity index (χ4v) is 3.09. The van der Waals surface area contributed by atoms with Gasteiger partial charge < -0.3 is 19.1 Å². The molecule has 1 aliphatic rings. The molecule has 0 N–H and O–H groups in total. The molecule has 1 fully saturated rings. The van der Waals surface area contributed by atoms with E-state index in [1.807, 2.05) is 37.3 Å². The number of morpholine rings is 1. The molecule has 0 unspecified atom stereocenters. The minimum absolute atomic E-state index is 0.0136. The van der Waals surface area contributed by atoms with Crippen molar-refractivity contribution in [1.82, 2.24) is 4.90 Å². The maximum atomic E-state index is 12.6. The van der Waals surface area contributed by atoms with Crippen LogP contribution in [0, 0.1) is 18.3 Å². The Kier molecular flexibility index (Phi) is 7.79. The summed E-state index contributed by atoms with van der Waals surface area (Å²) < 4.78 is 16.0. The second-order valence-corrected chi connectivity index (χ2v) is 7.15. The first-order valence-electron chi connectivity index (χ1n) is 10.1. The summed E-state index contributed by atoms with van der Waals surface area (Å²) in [6, 6.07) is 14.5. The number of esters is 1. The third-order valence-electron chi connectivity index (χ3n) is 4.85. The molecule has 7 heteroatoms. The van der Waals surface area contributed by atoms with E-state index in [9.17, 15) is 14.9 Å². The van der Waals surface area contributed by atoms with Crippen molar-refractivity contribution in [2.45, 2.75) is 6.92 Å². The zero-order chi connectivity index (χ0) is 22.9. The van der Waals surface area contributed by atoms with Gasteiger partial charge in [0.2, 0.25) is 0 Å². The summed E-state index contributed by atoms with van der Waals surface area (Å²) in [5.74, 6) is -0.341. The topological polar surface area (TPSA) is 88.9 Å². The number of amides is 1. The van der Waals surface area contributed by atoms with Crippen LogP contribution < -0.4 is 9.47 Å². The third-order valence-corrected chi connectivity index (χ3v) is 4.85. The van der Waals surface area contributed by atoms with Gasteiger partial charge in [-0.25, -0.2) is 4.79 Å². The number of benzene rings is 2. The van der Waals surface area contributed by atoms with Crippen LogP contribution >= 0.6 is 0 Å².